The summed E-state index contributed by atoms with van der Waals surface area (Å²) >= 11 is 1.65. The smallest absolute Gasteiger partial charge is 0.280 e. The molecule has 1 aromatic carbocycles. The third kappa shape index (κ3) is 4.01. The van der Waals surface area contributed by atoms with Crippen molar-refractivity contribution in [3.63, 3.8) is 0 Å². The first-order valence-electron chi connectivity index (χ1n) is 10.4. The second-order valence-corrected chi connectivity index (χ2v) is 8.57. The van der Waals surface area contributed by atoms with Crippen LogP contribution in [-0.4, -0.2) is 34.8 Å². The molecular weight excluding hydrogens is 428 g/mol. The highest BCUT2D eigenvalue weighted by Crippen LogP contribution is 2.45. The number of fused-ring (bicyclic) bond motifs is 1. The van der Waals surface area contributed by atoms with Gasteiger partial charge in [-0.25, -0.2) is 10.3 Å². The van der Waals surface area contributed by atoms with Crippen LogP contribution in [-0.2, 0) is 19.2 Å². The molecule has 166 valence electrons. The molecule has 1 atom stereocenters. The van der Waals surface area contributed by atoms with Gasteiger partial charge in [-0.2, -0.15) is 0 Å². The van der Waals surface area contributed by atoms with Crippen molar-refractivity contribution in [2.24, 2.45) is 0 Å². The van der Waals surface area contributed by atoms with Gasteiger partial charge in [0.1, 0.15) is 5.57 Å². The quantitative estimate of drug-likeness (QED) is 0.268. The van der Waals surface area contributed by atoms with E-state index < -0.39 is 11.7 Å². The van der Waals surface area contributed by atoms with Crippen molar-refractivity contribution in [3.05, 3.63) is 58.8 Å². The lowest BCUT2D eigenvalue weighted by atomic mass is 9.93. The Hall–Kier alpha value is -3.16. The highest BCUT2D eigenvalue weighted by molar-refractivity contribution is 7.13. The molecule has 0 saturated carbocycles. The van der Waals surface area contributed by atoms with Gasteiger partial charge < -0.3 is 14.8 Å². The van der Waals surface area contributed by atoms with E-state index in [0.717, 1.165) is 34.2 Å². The lowest BCUT2D eigenvalue weighted by Gasteiger charge is -2.25. The van der Waals surface area contributed by atoms with Gasteiger partial charge in [0.05, 0.1) is 12.7 Å². The fourth-order valence-electron chi connectivity index (χ4n) is 4.01. The van der Waals surface area contributed by atoms with Gasteiger partial charge in [-0.05, 0) is 41.6 Å². The number of amides is 1. The van der Waals surface area contributed by atoms with Crippen LogP contribution in [0.3, 0.4) is 0 Å². The van der Waals surface area contributed by atoms with Crippen LogP contribution in [0, 0.1) is 0 Å². The van der Waals surface area contributed by atoms with Gasteiger partial charge in [0.15, 0.2) is 5.94 Å². The van der Waals surface area contributed by atoms with E-state index in [1.165, 1.54) is 7.11 Å². The number of unbranched alkanes of at least 4 members (excludes halogenated alkanes) is 2. The number of benzene rings is 1. The number of thiophene rings is 1. The van der Waals surface area contributed by atoms with E-state index in [1.807, 2.05) is 48.7 Å². The van der Waals surface area contributed by atoms with E-state index in [4.69, 9.17) is 9.57 Å². The summed E-state index contributed by atoms with van der Waals surface area (Å²) in [5.41, 5.74) is 4.72. The van der Waals surface area contributed by atoms with E-state index in [1.54, 1.807) is 17.3 Å². The average molecular weight is 453 g/mol. The zero-order chi connectivity index (χ0) is 22.7. The maximum absolute atomic E-state index is 12.7. The Morgan fingerprint density at radius 1 is 1.31 bits per heavy atom. The summed E-state index contributed by atoms with van der Waals surface area (Å²) in [5, 5.41) is 14.4. The highest BCUT2D eigenvalue weighted by Gasteiger charge is 2.48. The number of H-pyrrole nitrogens is 1. The largest absolute Gasteiger partial charge is 0.446 e. The molecule has 3 heterocycles. The Morgan fingerprint density at radius 3 is 2.84 bits per heavy atom. The normalized spacial score (nSPS) is 18.2. The first-order valence-corrected chi connectivity index (χ1v) is 11.3. The lowest BCUT2D eigenvalue weighted by molar-refractivity contribution is -0.128. The molecule has 3 aromatic rings. The highest BCUT2D eigenvalue weighted by atomic mass is 32.1. The minimum absolute atomic E-state index is 0.0918. The van der Waals surface area contributed by atoms with Crippen LogP contribution in [0.4, 0.5) is 0 Å². The van der Waals surface area contributed by atoms with Crippen molar-refractivity contribution in [2.45, 2.75) is 38.4 Å². The van der Waals surface area contributed by atoms with E-state index in [2.05, 4.69) is 10.5 Å². The molecule has 0 bridgehead atoms. The van der Waals surface area contributed by atoms with Crippen molar-refractivity contribution in [1.82, 2.24) is 10.5 Å². The van der Waals surface area contributed by atoms with E-state index in [-0.39, 0.29) is 23.3 Å². The summed E-state index contributed by atoms with van der Waals surface area (Å²) in [6, 6.07) is 11.9. The molecule has 1 amide bonds. The summed E-state index contributed by atoms with van der Waals surface area (Å²) in [7, 11) is 1.29. The van der Waals surface area contributed by atoms with Crippen molar-refractivity contribution < 1.29 is 24.3 Å². The molecule has 0 saturated heterocycles. The molecule has 1 unspecified atom stereocenters. The number of nitrogens with one attached hydrogen (secondary N) is 2. The molecule has 1 aliphatic heterocycles. The molecule has 0 spiro atoms. The molecule has 0 radical (unpaired) electrons. The molecule has 0 aliphatic carbocycles. The summed E-state index contributed by atoms with van der Waals surface area (Å²) in [5.74, 6) is -1.21. The van der Waals surface area contributed by atoms with Gasteiger partial charge in [0.25, 0.3) is 5.91 Å². The van der Waals surface area contributed by atoms with Crippen LogP contribution in [0.15, 0.2) is 53.1 Å². The summed E-state index contributed by atoms with van der Waals surface area (Å²) in [4.78, 5) is 33.5. The topological polar surface area (TPSA) is 101 Å². The number of aliphatic hydroxyl groups is 1. The Balaban J connectivity index is 1.86. The van der Waals surface area contributed by atoms with Crippen LogP contribution in [0.5, 0.6) is 0 Å². The zero-order valence-corrected chi connectivity index (χ0v) is 18.7. The molecule has 3 N–H and O–H groups in total. The van der Waals surface area contributed by atoms with Crippen LogP contribution in [0.1, 0.15) is 38.3 Å². The van der Waals surface area contributed by atoms with Gasteiger partial charge >= 0.3 is 0 Å². The van der Waals surface area contributed by atoms with Crippen LogP contribution >= 0.6 is 11.3 Å². The number of ether oxygens (including phenoxy) is 1. The van der Waals surface area contributed by atoms with Crippen LogP contribution in [0.25, 0.3) is 26.9 Å². The summed E-state index contributed by atoms with van der Waals surface area (Å²) < 4.78 is 5.61. The van der Waals surface area contributed by atoms with E-state index in [9.17, 15) is 14.7 Å². The van der Waals surface area contributed by atoms with E-state index in [0.29, 0.717) is 12.1 Å². The first-order chi connectivity index (χ1) is 15.5. The number of hydroxylamine groups is 1. The average Bonchev–Trinajstić information content (AvgIpc) is 3.50. The van der Waals surface area contributed by atoms with Gasteiger partial charge in [-0.3, -0.25) is 9.63 Å². The van der Waals surface area contributed by atoms with Crippen molar-refractivity contribution in [2.75, 3.05) is 7.11 Å². The van der Waals surface area contributed by atoms with E-state index >= 15 is 0 Å². The number of hydrogen-bond donors (Lipinski definition) is 3. The Morgan fingerprint density at radius 2 is 2.16 bits per heavy atom. The molecule has 7 nitrogen and oxygen atoms in total. The van der Waals surface area contributed by atoms with Crippen LogP contribution in [0.2, 0.25) is 0 Å². The minimum Gasteiger partial charge on any atom is -0.446 e. The number of rotatable bonds is 8. The Bertz CT molecular complexity index is 1220. The molecule has 32 heavy (non-hydrogen) atoms. The fraction of sp³-hybridized carbons (Fsp3) is 0.292. The molecule has 1 aliphatic rings. The number of hydrogen-bond acceptors (Lipinski definition) is 6. The maximum atomic E-state index is 12.7. The van der Waals surface area contributed by atoms with Crippen molar-refractivity contribution >= 4 is 39.7 Å². The summed E-state index contributed by atoms with van der Waals surface area (Å²) in [6.07, 6.45) is 2.70. The molecule has 0 fully saturated rings. The lowest BCUT2D eigenvalue weighted by Crippen LogP contribution is -2.30. The van der Waals surface area contributed by atoms with Crippen molar-refractivity contribution in [1.29, 1.82) is 0 Å². The molecule has 8 heteroatoms. The van der Waals surface area contributed by atoms with Gasteiger partial charge in [-0.15, -0.1) is 11.3 Å². The summed E-state index contributed by atoms with van der Waals surface area (Å²) in [6.45, 7) is 2.05. The Kier molecular flexibility index (Phi) is 6.30. The maximum Gasteiger partial charge on any atom is 0.280 e. The minimum atomic E-state index is -1.83. The van der Waals surface area contributed by atoms with Crippen LogP contribution < -0.4 is 5.48 Å². The number of aromatic nitrogens is 1. The van der Waals surface area contributed by atoms with Gasteiger partial charge in [-0.1, -0.05) is 31.9 Å². The van der Waals surface area contributed by atoms with Crippen molar-refractivity contribution in [3.8, 4) is 10.4 Å². The number of carbonyl (C=O) groups is 1. The van der Waals surface area contributed by atoms with Gasteiger partial charge in [0.2, 0.25) is 11.5 Å². The standard InChI is InChI=1S/C24H24N2O5S/c1-3-4-5-10-24(29)22(21(19(14-27)31-24)23(28)26-30-2)18-13-16-12-15(8-9-17(16)25-18)20-7-6-11-32-20/h6-9,11-13,25,29H,3-5,10H2,1-2H3,(H,26,28). The third-order valence-electron chi connectivity index (χ3n) is 5.47. The fourth-order valence-corrected chi connectivity index (χ4v) is 4.74. The van der Waals surface area contributed by atoms with Gasteiger partial charge in [0, 0.05) is 27.9 Å². The second-order valence-electron chi connectivity index (χ2n) is 7.62. The molecule has 2 aromatic heterocycles. The molecule has 4 rings (SSSR count). The first kappa shape index (κ1) is 22.0. The number of carbonyl (C=O) groups excluding carboxylic acids is 2. The predicted octanol–water partition coefficient (Wildman–Crippen LogP) is 4.34. The third-order valence-corrected chi connectivity index (χ3v) is 6.39. The molecular formula is C24H24N2O5S. The second kappa shape index (κ2) is 9.14. The predicted molar refractivity (Wildman–Crippen MR) is 123 cm³/mol. The SMILES string of the molecule is CCCCCC1(O)OC(=C=O)C(C(=O)NOC)=C1c1cc2cc(-c3cccs3)ccc2[nH]1. The monoisotopic (exact) mass is 452 g/mol. The zero-order valence-electron chi connectivity index (χ0n) is 17.9. The Labute approximate surface area is 189 Å². The number of aromatic amines is 1.